The Balaban J connectivity index is 2.31. The van der Waals surface area contributed by atoms with Gasteiger partial charge in [-0.25, -0.2) is 9.97 Å². The van der Waals surface area contributed by atoms with Gasteiger partial charge in [0.1, 0.15) is 6.33 Å². The highest BCUT2D eigenvalue weighted by atomic mass is 15.1. The lowest BCUT2D eigenvalue weighted by atomic mass is 10.3. The summed E-state index contributed by atoms with van der Waals surface area (Å²) in [5.74, 6) is 0.719. The normalized spacial score (nSPS) is 10.8. The van der Waals surface area contributed by atoms with Crippen molar-refractivity contribution in [3.05, 3.63) is 48.9 Å². The van der Waals surface area contributed by atoms with Crippen molar-refractivity contribution in [1.82, 2.24) is 14.5 Å². The monoisotopic (exact) mass is 210 g/mol. The van der Waals surface area contributed by atoms with Crippen molar-refractivity contribution in [2.24, 2.45) is 0 Å². The summed E-state index contributed by atoms with van der Waals surface area (Å²) in [6.45, 7) is 0. The molecule has 0 spiro atoms. The largest absolute Gasteiger partial charge is 0.396 e. The van der Waals surface area contributed by atoms with Crippen LogP contribution in [0.1, 0.15) is 0 Å². The SMILES string of the molecule is Nc1cccnc1-n1cnc2ccccc21. The maximum Gasteiger partial charge on any atom is 0.161 e. The summed E-state index contributed by atoms with van der Waals surface area (Å²) >= 11 is 0. The Morgan fingerprint density at radius 2 is 1.88 bits per heavy atom. The summed E-state index contributed by atoms with van der Waals surface area (Å²) in [5.41, 5.74) is 8.48. The van der Waals surface area contributed by atoms with E-state index < -0.39 is 0 Å². The smallest absolute Gasteiger partial charge is 0.161 e. The molecule has 3 rings (SSSR count). The first-order chi connectivity index (χ1) is 7.86. The molecule has 0 aliphatic carbocycles. The summed E-state index contributed by atoms with van der Waals surface area (Å²) in [5, 5.41) is 0. The number of nitrogen functional groups attached to an aromatic ring is 1. The van der Waals surface area contributed by atoms with Gasteiger partial charge in [0.15, 0.2) is 5.82 Å². The third-order valence-corrected chi connectivity index (χ3v) is 2.50. The van der Waals surface area contributed by atoms with Gasteiger partial charge in [0.05, 0.1) is 16.7 Å². The van der Waals surface area contributed by atoms with E-state index in [1.54, 1.807) is 12.5 Å². The van der Waals surface area contributed by atoms with Gasteiger partial charge in [-0.1, -0.05) is 12.1 Å². The van der Waals surface area contributed by atoms with E-state index in [4.69, 9.17) is 5.73 Å². The van der Waals surface area contributed by atoms with Crippen molar-refractivity contribution in [3.63, 3.8) is 0 Å². The van der Waals surface area contributed by atoms with E-state index in [0.717, 1.165) is 16.9 Å². The minimum atomic E-state index is 0.644. The number of benzene rings is 1. The third kappa shape index (κ3) is 1.24. The van der Waals surface area contributed by atoms with Crippen LogP contribution in [0.3, 0.4) is 0 Å². The second-order valence-electron chi connectivity index (χ2n) is 3.52. The number of nitrogens with zero attached hydrogens (tertiary/aromatic N) is 3. The van der Waals surface area contributed by atoms with E-state index in [1.807, 2.05) is 41.0 Å². The fourth-order valence-corrected chi connectivity index (χ4v) is 1.74. The molecule has 0 aliphatic heterocycles. The van der Waals surface area contributed by atoms with E-state index in [1.165, 1.54) is 0 Å². The molecule has 0 radical (unpaired) electrons. The molecule has 2 heterocycles. The highest BCUT2D eigenvalue weighted by Gasteiger charge is 2.06. The summed E-state index contributed by atoms with van der Waals surface area (Å²) < 4.78 is 1.89. The van der Waals surface area contributed by atoms with Gasteiger partial charge in [-0.15, -0.1) is 0 Å². The van der Waals surface area contributed by atoms with Crippen molar-refractivity contribution in [1.29, 1.82) is 0 Å². The molecule has 4 nitrogen and oxygen atoms in total. The molecule has 0 fully saturated rings. The molecule has 4 heteroatoms. The van der Waals surface area contributed by atoms with Crippen molar-refractivity contribution >= 4 is 16.7 Å². The molecule has 3 aromatic rings. The number of fused-ring (bicyclic) bond motifs is 1. The van der Waals surface area contributed by atoms with Gasteiger partial charge in [0.25, 0.3) is 0 Å². The van der Waals surface area contributed by atoms with Crippen LogP contribution in [0.4, 0.5) is 5.69 Å². The summed E-state index contributed by atoms with van der Waals surface area (Å²) in [6.07, 6.45) is 3.46. The third-order valence-electron chi connectivity index (χ3n) is 2.50. The van der Waals surface area contributed by atoms with Gasteiger partial charge < -0.3 is 5.73 Å². The average Bonchev–Trinajstić information content (AvgIpc) is 2.74. The van der Waals surface area contributed by atoms with Gasteiger partial charge >= 0.3 is 0 Å². The maximum atomic E-state index is 5.89. The Labute approximate surface area is 92.4 Å². The van der Waals surface area contributed by atoms with Gasteiger partial charge in [-0.3, -0.25) is 4.57 Å². The zero-order valence-corrected chi connectivity index (χ0v) is 8.54. The van der Waals surface area contributed by atoms with Gasteiger partial charge in [0, 0.05) is 6.20 Å². The van der Waals surface area contributed by atoms with E-state index in [-0.39, 0.29) is 0 Å². The molecular weight excluding hydrogens is 200 g/mol. The second-order valence-corrected chi connectivity index (χ2v) is 3.52. The molecular formula is C12H10N4. The second kappa shape index (κ2) is 3.34. The quantitative estimate of drug-likeness (QED) is 0.668. The number of anilines is 1. The first-order valence-corrected chi connectivity index (χ1v) is 4.99. The van der Waals surface area contributed by atoms with Crippen LogP contribution >= 0.6 is 0 Å². The topological polar surface area (TPSA) is 56.7 Å². The number of rotatable bonds is 1. The van der Waals surface area contributed by atoms with E-state index in [2.05, 4.69) is 9.97 Å². The molecule has 0 amide bonds. The lowest BCUT2D eigenvalue weighted by Crippen LogP contribution is -2.00. The molecule has 1 aromatic carbocycles. The molecule has 0 bridgehead atoms. The van der Waals surface area contributed by atoms with Crippen molar-refractivity contribution < 1.29 is 0 Å². The predicted octanol–water partition coefficient (Wildman–Crippen LogP) is 2.00. The Bertz CT molecular complexity index is 642. The maximum absolute atomic E-state index is 5.89. The van der Waals surface area contributed by atoms with Crippen LogP contribution in [0, 0.1) is 0 Å². The molecule has 78 valence electrons. The van der Waals surface area contributed by atoms with Crippen molar-refractivity contribution in [2.45, 2.75) is 0 Å². The minimum Gasteiger partial charge on any atom is -0.396 e. The van der Waals surface area contributed by atoms with Crippen molar-refractivity contribution in [2.75, 3.05) is 5.73 Å². The van der Waals surface area contributed by atoms with Crippen molar-refractivity contribution in [3.8, 4) is 5.82 Å². The molecule has 0 aliphatic rings. The predicted molar refractivity (Wildman–Crippen MR) is 63.3 cm³/mol. The summed E-state index contributed by atoms with van der Waals surface area (Å²) in [4.78, 5) is 8.57. The molecule has 2 N–H and O–H groups in total. The first kappa shape index (κ1) is 8.91. The Morgan fingerprint density at radius 3 is 2.75 bits per heavy atom. The van der Waals surface area contributed by atoms with E-state index in [0.29, 0.717) is 5.69 Å². The van der Waals surface area contributed by atoms with Crippen LogP contribution in [-0.4, -0.2) is 14.5 Å². The van der Waals surface area contributed by atoms with E-state index in [9.17, 15) is 0 Å². The summed E-state index contributed by atoms with van der Waals surface area (Å²) in [6, 6.07) is 11.5. The lowest BCUT2D eigenvalue weighted by molar-refractivity contribution is 1.03. The Morgan fingerprint density at radius 1 is 1.00 bits per heavy atom. The highest BCUT2D eigenvalue weighted by molar-refractivity contribution is 5.78. The number of hydrogen-bond donors (Lipinski definition) is 1. The van der Waals surface area contributed by atoms with Crippen LogP contribution in [0.2, 0.25) is 0 Å². The molecule has 0 atom stereocenters. The zero-order valence-electron chi connectivity index (χ0n) is 8.54. The van der Waals surface area contributed by atoms with Gasteiger partial charge in [0.2, 0.25) is 0 Å². The van der Waals surface area contributed by atoms with Crippen LogP contribution in [0.25, 0.3) is 16.9 Å². The number of nitrogens with two attached hydrogens (primary N) is 1. The Hall–Kier alpha value is -2.36. The number of pyridine rings is 1. The molecule has 2 aromatic heterocycles. The highest BCUT2D eigenvalue weighted by Crippen LogP contribution is 2.19. The van der Waals surface area contributed by atoms with Gasteiger partial charge in [-0.2, -0.15) is 0 Å². The van der Waals surface area contributed by atoms with Crippen LogP contribution < -0.4 is 5.73 Å². The lowest BCUT2D eigenvalue weighted by Gasteiger charge is -2.05. The minimum absolute atomic E-state index is 0.644. The standard InChI is InChI=1S/C12H10N4/c13-9-4-3-7-14-12(9)16-8-15-10-5-1-2-6-11(10)16/h1-8H,13H2. The fraction of sp³-hybridized carbons (Fsp3) is 0. The molecule has 0 saturated carbocycles. The molecule has 0 unspecified atom stereocenters. The zero-order chi connectivity index (χ0) is 11.0. The van der Waals surface area contributed by atoms with Crippen LogP contribution in [0.5, 0.6) is 0 Å². The number of aromatic nitrogens is 3. The number of imidazole rings is 1. The fourth-order valence-electron chi connectivity index (χ4n) is 1.74. The summed E-state index contributed by atoms with van der Waals surface area (Å²) in [7, 11) is 0. The van der Waals surface area contributed by atoms with Gasteiger partial charge in [-0.05, 0) is 24.3 Å². The van der Waals surface area contributed by atoms with Crippen LogP contribution in [0.15, 0.2) is 48.9 Å². The molecule has 16 heavy (non-hydrogen) atoms. The number of para-hydroxylation sites is 2. The first-order valence-electron chi connectivity index (χ1n) is 4.99. The van der Waals surface area contributed by atoms with E-state index >= 15 is 0 Å². The average molecular weight is 210 g/mol. The van der Waals surface area contributed by atoms with Crippen LogP contribution in [-0.2, 0) is 0 Å². The Kier molecular flexibility index (Phi) is 1.86. The number of hydrogen-bond acceptors (Lipinski definition) is 3. The molecule has 0 saturated heterocycles.